The predicted molar refractivity (Wildman–Crippen MR) is 74.6 cm³/mol. The molecule has 0 aliphatic rings. The number of aliphatic carboxylic acids is 1. The van der Waals surface area contributed by atoms with Crippen LogP contribution in [0.25, 0.3) is 5.69 Å². The zero-order valence-electron chi connectivity index (χ0n) is 11.4. The molecule has 0 amide bonds. The molecular weight excluding hydrogens is 256 g/mol. The fraction of sp³-hybridized carbons (Fsp3) is 0.357. The quantitative estimate of drug-likeness (QED) is 0.829. The van der Waals surface area contributed by atoms with E-state index in [9.17, 15) is 4.79 Å². The molecule has 0 aliphatic carbocycles. The largest absolute Gasteiger partial charge is 0.480 e. The minimum absolute atomic E-state index is 0.0199. The van der Waals surface area contributed by atoms with Crippen molar-refractivity contribution in [2.75, 3.05) is 13.1 Å². The molecule has 2 aromatic rings. The third-order valence-corrected chi connectivity index (χ3v) is 2.85. The van der Waals surface area contributed by atoms with Gasteiger partial charge < -0.3 is 5.11 Å². The molecule has 2 rings (SSSR count). The predicted octanol–water partition coefficient (Wildman–Crippen LogP) is 1.56. The summed E-state index contributed by atoms with van der Waals surface area (Å²) < 4.78 is 1.69. The molecule has 1 aromatic carbocycles. The van der Waals surface area contributed by atoms with Gasteiger partial charge in [-0.15, -0.1) is 5.10 Å². The van der Waals surface area contributed by atoms with Crippen molar-refractivity contribution in [2.45, 2.75) is 19.9 Å². The number of carboxylic acids is 1. The van der Waals surface area contributed by atoms with E-state index in [0.29, 0.717) is 6.54 Å². The van der Waals surface area contributed by atoms with Crippen molar-refractivity contribution in [1.29, 1.82) is 0 Å². The molecule has 0 saturated heterocycles. The minimum Gasteiger partial charge on any atom is -0.480 e. The van der Waals surface area contributed by atoms with Gasteiger partial charge in [0.05, 0.1) is 24.1 Å². The van der Waals surface area contributed by atoms with Crippen LogP contribution in [-0.4, -0.2) is 44.1 Å². The molecule has 1 aromatic heterocycles. The molecule has 0 spiro atoms. The lowest BCUT2D eigenvalue weighted by molar-refractivity contribution is -0.138. The van der Waals surface area contributed by atoms with E-state index in [4.69, 9.17) is 5.11 Å². The molecule has 0 bridgehead atoms. The van der Waals surface area contributed by atoms with E-state index in [1.807, 2.05) is 48.4 Å². The number of benzene rings is 1. The van der Waals surface area contributed by atoms with Gasteiger partial charge in [-0.1, -0.05) is 30.3 Å². The topological polar surface area (TPSA) is 71.2 Å². The van der Waals surface area contributed by atoms with Crippen LogP contribution in [0.5, 0.6) is 0 Å². The first kappa shape index (κ1) is 14.2. The minimum atomic E-state index is -0.825. The van der Waals surface area contributed by atoms with Crippen LogP contribution < -0.4 is 0 Å². The Morgan fingerprint density at radius 3 is 2.75 bits per heavy atom. The zero-order chi connectivity index (χ0) is 14.4. The van der Waals surface area contributed by atoms with Crippen LogP contribution in [0.15, 0.2) is 36.5 Å². The van der Waals surface area contributed by atoms with E-state index in [2.05, 4.69) is 10.3 Å². The van der Waals surface area contributed by atoms with Gasteiger partial charge in [-0.25, -0.2) is 4.68 Å². The molecule has 0 fully saturated rings. The van der Waals surface area contributed by atoms with E-state index in [0.717, 1.165) is 24.3 Å². The van der Waals surface area contributed by atoms with Crippen molar-refractivity contribution in [3.63, 3.8) is 0 Å². The van der Waals surface area contributed by atoms with Gasteiger partial charge in [-0.2, -0.15) is 0 Å². The molecule has 106 valence electrons. The Balaban J connectivity index is 2.06. The molecule has 1 N–H and O–H groups in total. The molecular formula is C14H18N4O2. The highest BCUT2D eigenvalue weighted by molar-refractivity contribution is 5.69. The van der Waals surface area contributed by atoms with Crippen LogP contribution >= 0.6 is 0 Å². The van der Waals surface area contributed by atoms with Crippen molar-refractivity contribution in [1.82, 2.24) is 19.9 Å². The van der Waals surface area contributed by atoms with Crippen LogP contribution in [0.4, 0.5) is 0 Å². The van der Waals surface area contributed by atoms with Crippen LogP contribution in [0, 0.1) is 0 Å². The van der Waals surface area contributed by atoms with Crippen molar-refractivity contribution in [3.05, 3.63) is 42.2 Å². The molecule has 1 heterocycles. The molecule has 0 radical (unpaired) electrons. The lowest BCUT2D eigenvalue weighted by Gasteiger charge is -2.17. The standard InChI is InChI=1S/C14H18N4O2/c1-2-8-17(11-14(19)20)9-12-10-18(16-15-12)13-6-4-3-5-7-13/h3-7,10H,2,8-9,11H2,1H3,(H,19,20). The highest BCUT2D eigenvalue weighted by Crippen LogP contribution is 2.07. The van der Waals surface area contributed by atoms with E-state index in [1.54, 1.807) is 4.68 Å². The third kappa shape index (κ3) is 3.89. The van der Waals surface area contributed by atoms with Gasteiger partial charge in [0.15, 0.2) is 0 Å². The maximum Gasteiger partial charge on any atom is 0.317 e. The van der Waals surface area contributed by atoms with Crippen molar-refractivity contribution in [2.24, 2.45) is 0 Å². The van der Waals surface area contributed by atoms with Crippen LogP contribution in [0.1, 0.15) is 19.0 Å². The molecule has 6 nitrogen and oxygen atoms in total. The maximum atomic E-state index is 10.8. The molecule has 0 aliphatic heterocycles. The number of carbonyl (C=O) groups is 1. The summed E-state index contributed by atoms with van der Waals surface area (Å²) in [7, 11) is 0. The third-order valence-electron chi connectivity index (χ3n) is 2.85. The Labute approximate surface area is 117 Å². The Morgan fingerprint density at radius 1 is 1.35 bits per heavy atom. The Hall–Kier alpha value is -2.21. The average Bonchev–Trinajstić information content (AvgIpc) is 2.88. The van der Waals surface area contributed by atoms with Gasteiger partial charge in [0, 0.05) is 6.54 Å². The molecule has 0 unspecified atom stereocenters. The van der Waals surface area contributed by atoms with Crippen molar-refractivity contribution >= 4 is 5.97 Å². The summed E-state index contributed by atoms with van der Waals surface area (Å²) in [4.78, 5) is 12.7. The monoisotopic (exact) mass is 274 g/mol. The van der Waals surface area contributed by atoms with Gasteiger partial charge in [0.1, 0.15) is 0 Å². The second kappa shape index (κ2) is 6.81. The first-order chi connectivity index (χ1) is 9.69. The summed E-state index contributed by atoms with van der Waals surface area (Å²) >= 11 is 0. The summed E-state index contributed by atoms with van der Waals surface area (Å²) in [5.41, 5.74) is 1.70. The zero-order valence-corrected chi connectivity index (χ0v) is 11.4. The van der Waals surface area contributed by atoms with E-state index in [-0.39, 0.29) is 6.54 Å². The SMILES string of the molecule is CCCN(CC(=O)O)Cc1cn(-c2ccccc2)nn1. The number of rotatable bonds is 7. The van der Waals surface area contributed by atoms with Gasteiger partial charge >= 0.3 is 5.97 Å². The fourth-order valence-electron chi connectivity index (χ4n) is 2.03. The number of carboxylic acid groups (broad SMARTS) is 1. The molecule has 6 heteroatoms. The highest BCUT2D eigenvalue weighted by Gasteiger charge is 2.12. The second-order valence-corrected chi connectivity index (χ2v) is 4.59. The normalized spacial score (nSPS) is 10.9. The van der Waals surface area contributed by atoms with E-state index in [1.165, 1.54) is 0 Å². The summed E-state index contributed by atoms with van der Waals surface area (Å²) in [6.45, 7) is 3.26. The Kier molecular flexibility index (Phi) is 4.84. The van der Waals surface area contributed by atoms with Gasteiger partial charge in [-0.05, 0) is 25.1 Å². The number of hydrogen-bond acceptors (Lipinski definition) is 4. The van der Waals surface area contributed by atoms with Crippen molar-refractivity contribution in [3.8, 4) is 5.69 Å². The van der Waals surface area contributed by atoms with Gasteiger partial charge in [0.2, 0.25) is 0 Å². The lowest BCUT2D eigenvalue weighted by atomic mass is 10.3. The number of hydrogen-bond donors (Lipinski definition) is 1. The first-order valence-electron chi connectivity index (χ1n) is 6.60. The lowest BCUT2D eigenvalue weighted by Crippen LogP contribution is -2.30. The number of para-hydroxylation sites is 1. The summed E-state index contributed by atoms with van der Waals surface area (Å²) in [6, 6.07) is 9.70. The van der Waals surface area contributed by atoms with Crippen LogP contribution in [0.2, 0.25) is 0 Å². The first-order valence-corrected chi connectivity index (χ1v) is 6.60. The average molecular weight is 274 g/mol. The maximum absolute atomic E-state index is 10.8. The smallest absolute Gasteiger partial charge is 0.317 e. The number of aromatic nitrogens is 3. The van der Waals surface area contributed by atoms with Gasteiger partial charge in [0.25, 0.3) is 0 Å². The summed E-state index contributed by atoms with van der Waals surface area (Å²) in [5.74, 6) is -0.825. The van der Waals surface area contributed by atoms with Crippen LogP contribution in [0.3, 0.4) is 0 Å². The molecule has 0 atom stereocenters. The van der Waals surface area contributed by atoms with E-state index >= 15 is 0 Å². The molecule has 20 heavy (non-hydrogen) atoms. The van der Waals surface area contributed by atoms with Crippen molar-refractivity contribution < 1.29 is 9.90 Å². The summed E-state index contributed by atoms with van der Waals surface area (Å²) in [5, 5.41) is 17.1. The Morgan fingerprint density at radius 2 is 2.10 bits per heavy atom. The van der Waals surface area contributed by atoms with E-state index < -0.39 is 5.97 Å². The Bertz CT molecular complexity index is 553. The highest BCUT2D eigenvalue weighted by atomic mass is 16.4. The van der Waals surface area contributed by atoms with Crippen LogP contribution in [-0.2, 0) is 11.3 Å². The number of nitrogens with zero attached hydrogens (tertiary/aromatic N) is 4. The second-order valence-electron chi connectivity index (χ2n) is 4.59. The molecule has 0 saturated carbocycles. The van der Waals surface area contributed by atoms with Gasteiger partial charge in [-0.3, -0.25) is 9.69 Å². The fourth-order valence-corrected chi connectivity index (χ4v) is 2.03. The summed E-state index contributed by atoms with van der Waals surface area (Å²) in [6.07, 6.45) is 2.74.